The van der Waals surface area contributed by atoms with E-state index in [0.717, 1.165) is 0 Å². The van der Waals surface area contributed by atoms with Gasteiger partial charge in [-0.3, -0.25) is 0 Å². The normalized spacial score (nSPS) is 12.6. The predicted octanol–water partition coefficient (Wildman–Crippen LogP) is 2.03. The molecule has 0 aliphatic carbocycles. The summed E-state index contributed by atoms with van der Waals surface area (Å²) in [6.07, 6.45) is 0. The minimum atomic E-state index is 0.401. The van der Waals surface area contributed by atoms with Crippen molar-refractivity contribution in [1.29, 1.82) is 0 Å². The molecule has 0 aromatic heterocycles. The fraction of sp³-hybridized carbons (Fsp3) is 0.455. The summed E-state index contributed by atoms with van der Waals surface area (Å²) in [4.78, 5) is 2.14. The number of para-hydroxylation sites is 1. The Labute approximate surface area is 80.6 Å². The zero-order valence-electron chi connectivity index (χ0n) is 8.83. The average molecular weight is 178 g/mol. The topological polar surface area (TPSA) is 15.3 Å². The van der Waals surface area contributed by atoms with Crippen molar-refractivity contribution in [3.8, 4) is 0 Å². The molecule has 0 saturated heterocycles. The second-order valence-corrected chi connectivity index (χ2v) is 3.46. The van der Waals surface area contributed by atoms with Gasteiger partial charge in [0.15, 0.2) is 0 Å². The third kappa shape index (κ3) is 2.22. The van der Waals surface area contributed by atoms with Gasteiger partial charge in [0.2, 0.25) is 0 Å². The maximum atomic E-state index is 3.25. The maximum absolute atomic E-state index is 3.25. The van der Waals surface area contributed by atoms with Crippen molar-refractivity contribution in [3.63, 3.8) is 0 Å². The molecular weight excluding hydrogens is 160 g/mol. The maximum Gasteiger partial charge on any atom is 0.0409 e. The Morgan fingerprint density at radius 3 is 2.38 bits per heavy atom. The third-order valence-corrected chi connectivity index (χ3v) is 2.32. The molecule has 2 nitrogen and oxygen atoms in total. The number of rotatable bonds is 3. The van der Waals surface area contributed by atoms with E-state index in [9.17, 15) is 0 Å². The van der Waals surface area contributed by atoms with Gasteiger partial charge in [0, 0.05) is 25.8 Å². The lowest BCUT2D eigenvalue weighted by molar-refractivity contribution is 0.651. The molecule has 1 aromatic carbocycles. The van der Waals surface area contributed by atoms with E-state index in [2.05, 4.69) is 55.5 Å². The molecule has 1 aromatic rings. The summed E-state index contributed by atoms with van der Waals surface area (Å²) in [5.74, 6) is 0. The van der Waals surface area contributed by atoms with E-state index in [1.807, 2.05) is 7.05 Å². The quantitative estimate of drug-likeness (QED) is 0.762. The highest BCUT2D eigenvalue weighted by Crippen LogP contribution is 2.23. The number of nitrogens with one attached hydrogen (secondary N) is 1. The van der Waals surface area contributed by atoms with Gasteiger partial charge in [-0.15, -0.1) is 0 Å². The summed E-state index contributed by atoms with van der Waals surface area (Å²) in [6.45, 7) is 2.17. The number of anilines is 1. The lowest BCUT2D eigenvalue weighted by Gasteiger charge is -2.21. The van der Waals surface area contributed by atoms with Crippen molar-refractivity contribution in [3.05, 3.63) is 29.8 Å². The first-order valence-corrected chi connectivity index (χ1v) is 4.60. The van der Waals surface area contributed by atoms with Crippen molar-refractivity contribution in [1.82, 2.24) is 5.32 Å². The van der Waals surface area contributed by atoms with Crippen LogP contribution in [0.2, 0.25) is 0 Å². The molecule has 1 atom stereocenters. The van der Waals surface area contributed by atoms with Gasteiger partial charge in [-0.2, -0.15) is 0 Å². The minimum absolute atomic E-state index is 0.401. The average Bonchev–Trinajstić information content (AvgIpc) is 2.16. The molecule has 72 valence electrons. The number of hydrogen-bond donors (Lipinski definition) is 1. The first kappa shape index (κ1) is 10.1. The summed E-state index contributed by atoms with van der Waals surface area (Å²) >= 11 is 0. The van der Waals surface area contributed by atoms with Gasteiger partial charge in [-0.25, -0.2) is 0 Å². The van der Waals surface area contributed by atoms with Crippen LogP contribution in [0.15, 0.2) is 24.3 Å². The Bertz CT molecular complexity index is 269. The van der Waals surface area contributed by atoms with Crippen molar-refractivity contribution in [2.45, 2.75) is 13.0 Å². The molecule has 0 saturated carbocycles. The van der Waals surface area contributed by atoms with Gasteiger partial charge >= 0.3 is 0 Å². The highest BCUT2D eigenvalue weighted by molar-refractivity contribution is 5.53. The van der Waals surface area contributed by atoms with E-state index < -0.39 is 0 Å². The molecule has 0 amide bonds. The molecule has 0 bridgehead atoms. The highest BCUT2D eigenvalue weighted by atomic mass is 15.1. The molecule has 13 heavy (non-hydrogen) atoms. The largest absolute Gasteiger partial charge is 0.377 e. The van der Waals surface area contributed by atoms with E-state index in [-0.39, 0.29) is 0 Å². The van der Waals surface area contributed by atoms with Gasteiger partial charge in [0.05, 0.1) is 0 Å². The van der Waals surface area contributed by atoms with E-state index >= 15 is 0 Å². The molecule has 0 radical (unpaired) electrons. The van der Waals surface area contributed by atoms with Crippen LogP contribution in [0.25, 0.3) is 0 Å². The van der Waals surface area contributed by atoms with Crippen LogP contribution in [0.5, 0.6) is 0 Å². The Morgan fingerprint density at radius 1 is 1.23 bits per heavy atom. The fourth-order valence-electron chi connectivity index (χ4n) is 1.42. The van der Waals surface area contributed by atoms with Crippen LogP contribution < -0.4 is 10.2 Å². The Hall–Kier alpha value is -1.02. The fourth-order valence-corrected chi connectivity index (χ4v) is 1.42. The van der Waals surface area contributed by atoms with Crippen LogP contribution in [-0.4, -0.2) is 21.1 Å². The van der Waals surface area contributed by atoms with E-state index in [4.69, 9.17) is 0 Å². The van der Waals surface area contributed by atoms with Crippen LogP contribution in [0.3, 0.4) is 0 Å². The minimum Gasteiger partial charge on any atom is -0.377 e. The SMILES string of the molecule is CN[C@@H](C)c1ccccc1N(C)C. The molecule has 0 spiro atoms. The summed E-state index contributed by atoms with van der Waals surface area (Å²) < 4.78 is 0. The Kier molecular flexibility index (Phi) is 3.32. The zero-order valence-corrected chi connectivity index (χ0v) is 8.83. The molecular formula is C11H18N2. The van der Waals surface area contributed by atoms with Gasteiger partial charge in [-0.1, -0.05) is 18.2 Å². The van der Waals surface area contributed by atoms with E-state index in [1.165, 1.54) is 11.3 Å². The predicted molar refractivity (Wildman–Crippen MR) is 58.2 cm³/mol. The first-order valence-electron chi connectivity index (χ1n) is 4.60. The first-order chi connectivity index (χ1) is 6.16. The summed E-state index contributed by atoms with van der Waals surface area (Å²) in [5.41, 5.74) is 2.62. The standard InChI is InChI=1S/C11H18N2/c1-9(12-2)10-7-5-6-8-11(10)13(3)4/h5-9,12H,1-4H3/t9-/m0/s1. The van der Waals surface area contributed by atoms with Gasteiger partial charge < -0.3 is 10.2 Å². The molecule has 1 N–H and O–H groups in total. The van der Waals surface area contributed by atoms with Gasteiger partial charge in [0.1, 0.15) is 0 Å². The van der Waals surface area contributed by atoms with Crippen LogP contribution in [0.1, 0.15) is 18.5 Å². The summed E-state index contributed by atoms with van der Waals surface area (Å²) in [5, 5.41) is 3.25. The van der Waals surface area contributed by atoms with E-state index in [1.54, 1.807) is 0 Å². The third-order valence-electron chi connectivity index (χ3n) is 2.32. The Balaban J connectivity index is 3.04. The summed E-state index contributed by atoms with van der Waals surface area (Å²) in [7, 11) is 6.12. The molecule has 0 aliphatic heterocycles. The van der Waals surface area contributed by atoms with Gasteiger partial charge in [0.25, 0.3) is 0 Å². The van der Waals surface area contributed by atoms with Crippen LogP contribution in [0.4, 0.5) is 5.69 Å². The van der Waals surface area contributed by atoms with E-state index in [0.29, 0.717) is 6.04 Å². The number of nitrogens with zero attached hydrogens (tertiary/aromatic N) is 1. The molecule has 0 unspecified atom stereocenters. The molecule has 1 rings (SSSR count). The second-order valence-electron chi connectivity index (χ2n) is 3.46. The summed E-state index contributed by atoms with van der Waals surface area (Å²) in [6, 6.07) is 8.86. The monoisotopic (exact) mass is 178 g/mol. The van der Waals surface area contributed by atoms with Gasteiger partial charge in [-0.05, 0) is 25.6 Å². The van der Waals surface area contributed by atoms with Crippen molar-refractivity contribution >= 4 is 5.69 Å². The lowest BCUT2D eigenvalue weighted by atomic mass is 10.1. The number of hydrogen-bond acceptors (Lipinski definition) is 2. The van der Waals surface area contributed by atoms with Crippen LogP contribution in [0, 0.1) is 0 Å². The zero-order chi connectivity index (χ0) is 9.84. The Morgan fingerprint density at radius 2 is 1.85 bits per heavy atom. The molecule has 0 fully saturated rings. The molecule has 0 aliphatic rings. The number of benzene rings is 1. The van der Waals surface area contributed by atoms with Crippen molar-refractivity contribution in [2.24, 2.45) is 0 Å². The lowest BCUT2D eigenvalue weighted by Crippen LogP contribution is -2.18. The van der Waals surface area contributed by atoms with Crippen LogP contribution in [-0.2, 0) is 0 Å². The van der Waals surface area contributed by atoms with Crippen molar-refractivity contribution in [2.75, 3.05) is 26.0 Å². The second kappa shape index (κ2) is 4.28. The van der Waals surface area contributed by atoms with Crippen molar-refractivity contribution < 1.29 is 0 Å². The molecule has 0 heterocycles. The smallest absolute Gasteiger partial charge is 0.0409 e. The molecule has 2 heteroatoms. The van der Waals surface area contributed by atoms with Crippen LogP contribution >= 0.6 is 0 Å². The highest BCUT2D eigenvalue weighted by Gasteiger charge is 2.08.